The molecule has 29 heavy (non-hydrogen) atoms. The number of rotatable bonds is 4. The van der Waals surface area contributed by atoms with E-state index in [4.69, 9.17) is 16.6 Å². The molecule has 8 heteroatoms. The number of hydrogen-bond donors (Lipinski definition) is 1. The Bertz CT molecular complexity index is 1240. The van der Waals surface area contributed by atoms with Crippen molar-refractivity contribution in [2.45, 2.75) is 25.7 Å². The lowest BCUT2D eigenvalue weighted by Crippen LogP contribution is -2.14. The summed E-state index contributed by atoms with van der Waals surface area (Å²) in [5.41, 5.74) is 3.81. The van der Waals surface area contributed by atoms with Crippen LogP contribution in [0.25, 0.3) is 16.7 Å². The van der Waals surface area contributed by atoms with Crippen molar-refractivity contribution in [3.8, 4) is 5.69 Å². The fraction of sp³-hybridized carbons (Fsp3) is 0.238. The average Bonchev–Trinajstić information content (AvgIpc) is 3.44. The van der Waals surface area contributed by atoms with Gasteiger partial charge in [0, 0.05) is 24.9 Å². The summed E-state index contributed by atoms with van der Waals surface area (Å²) in [6, 6.07) is 11.7. The maximum absolute atomic E-state index is 13.2. The predicted octanol–water partition coefficient (Wildman–Crippen LogP) is 4.25. The summed E-state index contributed by atoms with van der Waals surface area (Å²) in [6.07, 6.45) is 3.82. The van der Waals surface area contributed by atoms with Crippen LogP contribution >= 0.6 is 11.6 Å². The molecule has 3 heterocycles. The Morgan fingerprint density at radius 2 is 1.97 bits per heavy atom. The normalized spacial score (nSPS) is 13.8. The maximum atomic E-state index is 13.2. The molecule has 1 fully saturated rings. The van der Waals surface area contributed by atoms with Crippen LogP contribution in [0.1, 0.15) is 40.5 Å². The molecule has 1 N–H and O–H groups in total. The van der Waals surface area contributed by atoms with E-state index in [1.807, 2.05) is 43.3 Å². The summed E-state index contributed by atoms with van der Waals surface area (Å²) in [4.78, 5) is 18.1. The van der Waals surface area contributed by atoms with Gasteiger partial charge >= 0.3 is 0 Å². The Balaban J connectivity index is 1.67. The number of fused-ring (bicyclic) bond motifs is 1. The van der Waals surface area contributed by atoms with Crippen LogP contribution in [-0.4, -0.2) is 30.5 Å². The number of pyridine rings is 1. The SMILES string of the molecule is Cc1nn(-c2ccccc2)c2nc(C3CC3)cc(C(=O)Nc3nn(C)cc3Cl)c12. The molecule has 0 bridgehead atoms. The van der Waals surface area contributed by atoms with Crippen LogP contribution in [0.4, 0.5) is 5.82 Å². The topological polar surface area (TPSA) is 77.6 Å². The second-order valence-corrected chi connectivity index (χ2v) is 7.76. The van der Waals surface area contributed by atoms with Crippen LogP contribution in [-0.2, 0) is 7.05 Å². The smallest absolute Gasteiger partial charge is 0.257 e. The first-order chi connectivity index (χ1) is 14.0. The van der Waals surface area contributed by atoms with Crippen molar-refractivity contribution in [2.24, 2.45) is 7.05 Å². The van der Waals surface area contributed by atoms with Crippen molar-refractivity contribution in [1.82, 2.24) is 24.5 Å². The van der Waals surface area contributed by atoms with Gasteiger partial charge in [0.15, 0.2) is 11.5 Å². The van der Waals surface area contributed by atoms with Crippen LogP contribution in [0.3, 0.4) is 0 Å². The number of benzene rings is 1. The monoisotopic (exact) mass is 406 g/mol. The second kappa shape index (κ2) is 6.70. The van der Waals surface area contributed by atoms with Gasteiger partial charge in [-0.1, -0.05) is 29.8 Å². The van der Waals surface area contributed by atoms with Crippen molar-refractivity contribution in [1.29, 1.82) is 0 Å². The van der Waals surface area contributed by atoms with Gasteiger partial charge in [-0.3, -0.25) is 9.48 Å². The Labute approximate surface area is 172 Å². The van der Waals surface area contributed by atoms with Crippen molar-refractivity contribution in [2.75, 3.05) is 5.32 Å². The minimum atomic E-state index is -0.268. The number of amides is 1. The summed E-state index contributed by atoms with van der Waals surface area (Å²) in [7, 11) is 1.76. The number of aromatic nitrogens is 5. The number of carbonyl (C=O) groups excluding carboxylic acids is 1. The lowest BCUT2D eigenvalue weighted by molar-refractivity contribution is 0.102. The summed E-state index contributed by atoms with van der Waals surface area (Å²) >= 11 is 6.18. The molecule has 4 aromatic rings. The van der Waals surface area contributed by atoms with Crippen molar-refractivity contribution in [3.05, 3.63) is 64.6 Å². The molecule has 1 saturated carbocycles. The zero-order valence-electron chi connectivity index (χ0n) is 16.1. The molecule has 0 spiro atoms. The number of aryl methyl sites for hydroxylation is 2. The first-order valence-corrected chi connectivity index (χ1v) is 9.85. The van der Waals surface area contributed by atoms with Gasteiger partial charge in [0.05, 0.1) is 22.3 Å². The molecule has 1 aliphatic rings. The second-order valence-electron chi connectivity index (χ2n) is 7.35. The van der Waals surface area contributed by atoms with E-state index >= 15 is 0 Å². The maximum Gasteiger partial charge on any atom is 0.257 e. The highest BCUT2D eigenvalue weighted by Crippen LogP contribution is 2.41. The van der Waals surface area contributed by atoms with Gasteiger partial charge in [-0.25, -0.2) is 9.67 Å². The van der Waals surface area contributed by atoms with Gasteiger partial charge in [-0.15, -0.1) is 0 Å². The van der Waals surface area contributed by atoms with E-state index in [-0.39, 0.29) is 5.91 Å². The minimum Gasteiger partial charge on any atom is -0.304 e. The van der Waals surface area contributed by atoms with Gasteiger partial charge in [-0.2, -0.15) is 10.2 Å². The minimum absolute atomic E-state index is 0.268. The van der Waals surface area contributed by atoms with E-state index in [2.05, 4.69) is 15.5 Å². The van der Waals surface area contributed by atoms with E-state index in [1.54, 1.807) is 22.6 Å². The number of nitrogens with zero attached hydrogens (tertiary/aromatic N) is 5. The molecule has 1 aliphatic carbocycles. The van der Waals surface area contributed by atoms with Gasteiger partial charge in [0.25, 0.3) is 5.91 Å². The number of halogens is 1. The number of hydrogen-bond acceptors (Lipinski definition) is 4. The molecule has 1 amide bonds. The van der Waals surface area contributed by atoms with Crippen LogP contribution in [0, 0.1) is 6.92 Å². The molecule has 0 saturated heterocycles. The van der Waals surface area contributed by atoms with Crippen molar-refractivity contribution in [3.63, 3.8) is 0 Å². The van der Waals surface area contributed by atoms with Gasteiger partial charge in [0.1, 0.15) is 5.02 Å². The lowest BCUT2D eigenvalue weighted by Gasteiger charge is -2.09. The lowest BCUT2D eigenvalue weighted by atomic mass is 10.1. The van der Waals surface area contributed by atoms with Gasteiger partial charge in [-0.05, 0) is 38.0 Å². The van der Waals surface area contributed by atoms with Crippen LogP contribution in [0.5, 0.6) is 0 Å². The molecule has 5 rings (SSSR count). The third-order valence-corrected chi connectivity index (χ3v) is 5.37. The molecule has 1 aromatic carbocycles. The van der Waals surface area contributed by atoms with Gasteiger partial charge in [0.2, 0.25) is 0 Å². The highest BCUT2D eigenvalue weighted by atomic mass is 35.5. The molecule has 7 nitrogen and oxygen atoms in total. The molecule has 3 aromatic heterocycles. The van der Waals surface area contributed by atoms with Crippen LogP contribution in [0.15, 0.2) is 42.6 Å². The molecular formula is C21H19ClN6O. The van der Waals surface area contributed by atoms with Crippen molar-refractivity contribution < 1.29 is 4.79 Å². The Hall–Kier alpha value is -3.19. The fourth-order valence-corrected chi connectivity index (χ4v) is 3.77. The molecule has 0 radical (unpaired) electrons. The molecule has 0 aliphatic heterocycles. The summed E-state index contributed by atoms with van der Waals surface area (Å²) in [5.74, 6) is 0.463. The zero-order chi connectivity index (χ0) is 20.1. The third kappa shape index (κ3) is 3.17. The fourth-order valence-electron chi connectivity index (χ4n) is 3.54. The number of anilines is 1. The Morgan fingerprint density at radius 3 is 2.62 bits per heavy atom. The predicted molar refractivity (Wildman–Crippen MR) is 112 cm³/mol. The van der Waals surface area contributed by atoms with E-state index in [0.29, 0.717) is 28.0 Å². The number of para-hydroxylation sites is 1. The highest BCUT2D eigenvalue weighted by molar-refractivity contribution is 6.33. The van der Waals surface area contributed by atoms with Crippen molar-refractivity contribution >= 4 is 34.4 Å². The highest BCUT2D eigenvalue weighted by Gasteiger charge is 2.29. The summed E-state index contributed by atoms with van der Waals surface area (Å²) in [5, 5.41) is 12.9. The quantitative estimate of drug-likeness (QED) is 0.549. The Kier molecular flexibility index (Phi) is 4.13. The standard InChI is InChI=1S/C21H19ClN6O/c1-12-18-15(21(29)24-19-16(22)11-27(2)26-19)10-17(13-8-9-13)23-20(18)28(25-12)14-6-4-3-5-7-14/h3-7,10-11,13H,8-9H2,1-2H3,(H,24,26,29). The first kappa shape index (κ1) is 17.9. The molecule has 0 unspecified atom stereocenters. The van der Waals surface area contributed by atoms with E-state index in [9.17, 15) is 4.79 Å². The molecular weight excluding hydrogens is 388 g/mol. The summed E-state index contributed by atoms with van der Waals surface area (Å²) in [6.45, 7) is 1.89. The third-order valence-electron chi connectivity index (χ3n) is 5.09. The van der Waals surface area contributed by atoms with E-state index < -0.39 is 0 Å². The summed E-state index contributed by atoms with van der Waals surface area (Å²) < 4.78 is 3.37. The number of nitrogens with one attached hydrogen (secondary N) is 1. The van der Waals surface area contributed by atoms with Crippen LogP contribution in [0.2, 0.25) is 5.02 Å². The first-order valence-electron chi connectivity index (χ1n) is 9.47. The number of carbonyl (C=O) groups is 1. The van der Waals surface area contributed by atoms with E-state index in [1.165, 1.54) is 0 Å². The van der Waals surface area contributed by atoms with E-state index in [0.717, 1.165) is 35.3 Å². The zero-order valence-corrected chi connectivity index (χ0v) is 16.8. The molecule has 0 atom stereocenters. The average molecular weight is 407 g/mol. The van der Waals surface area contributed by atoms with Crippen LogP contribution < -0.4 is 5.32 Å². The largest absolute Gasteiger partial charge is 0.304 e. The molecule has 146 valence electrons. The van der Waals surface area contributed by atoms with Gasteiger partial charge < -0.3 is 5.32 Å². The Morgan fingerprint density at radius 1 is 1.21 bits per heavy atom.